The summed E-state index contributed by atoms with van der Waals surface area (Å²) in [5.74, 6) is -0.110. The summed E-state index contributed by atoms with van der Waals surface area (Å²) in [4.78, 5) is 23.4. The van der Waals surface area contributed by atoms with E-state index in [2.05, 4.69) is 10.6 Å². The summed E-state index contributed by atoms with van der Waals surface area (Å²) in [7, 11) is 1.35. The lowest BCUT2D eigenvalue weighted by molar-refractivity contribution is -0.145. The Labute approximate surface area is 109 Å². The van der Waals surface area contributed by atoms with Crippen LogP contribution in [0.4, 0.5) is 0 Å². The summed E-state index contributed by atoms with van der Waals surface area (Å²) in [6.45, 7) is 5.01. The number of amides is 1. The van der Waals surface area contributed by atoms with Crippen molar-refractivity contribution in [2.75, 3.05) is 13.7 Å². The molecule has 1 amide bonds. The van der Waals surface area contributed by atoms with Crippen LogP contribution in [-0.2, 0) is 14.3 Å². The van der Waals surface area contributed by atoms with Crippen LogP contribution in [-0.4, -0.2) is 37.6 Å². The molecule has 2 N–H and O–H groups in total. The molecule has 18 heavy (non-hydrogen) atoms. The molecular weight excluding hydrogens is 232 g/mol. The van der Waals surface area contributed by atoms with Gasteiger partial charge in [-0.1, -0.05) is 13.8 Å². The van der Waals surface area contributed by atoms with Gasteiger partial charge in [-0.25, -0.2) is 4.79 Å². The van der Waals surface area contributed by atoms with Crippen LogP contribution in [0.3, 0.4) is 0 Å². The quantitative estimate of drug-likeness (QED) is 0.691. The maximum atomic E-state index is 11.9. The number of carbonyl (C=O) groups excluding carboxylic acids is 2. The topological polar surface area (TPSA) is 67.4 Å². The molecule has 0 radical (unpaired) electrons. The molecule has 1 unspecified atom stereocenters. The third-order valence-corrected chi connectivity index (χ3v) is 3.12. The zero-order valence-electron chi connectivity index (χ0n) is 11.5. The molecule has 1 heterocycles. The highest BCUT2D eigenvalue weighted by Gasteiger charge is 2.24. The lowest BCUT2D eigenvalue weighted by atomic mass is 10.0. The lowest BCUT2D eigenvalue weighted by Gasteiger charge is -2.19. The van der Waals surface area contributed by atoms with E-state index < -0.39 is 6.04 Å². The van der Waals surface area contributed by atoms with Gasteiger partial charge in [0.2, 0.25) is 5.91 Å². The second-order valence-electron chi connectivity index (χ2n) is 5.27. The lowest BCUT2D eigenvalue weighted by Crippen LogP contribution is -2.44. The molecule has 0 aromatic heterocycles. The van der Waals surface area contributed by atoms with E-state index in [1.54, 1.807) is 0 Å². The monoisotopic (exact) mass is 256 g/mol. The van der Waals surface area contributed by atoms with Crippen molar-refractivity contribution >= 4 is 11.9 Å². The molecular formula is C13H24N2O3. The molecule has 2 atom stereocenters. The highest BCUT2D eigenvalue weighted by molar-refractivity contribution is 5.84. The SMILES string of the molecule is COC(=O)[C@H](CC(C)C)NC(=O)CC1CCCN1. The first kappa shape index (κ1) is 15.0. The largest absolute Gasteiger partial charge is 0.467 e. The number of hydrogen-bond acceptors (Lipinski definition) is 4. The van der Waals surface area contributed by atoms with Gasteiger partial charge in [0.1, 0.15) is 6.04 Å². The van der Waals surface area contributed by atoms with Crippen LogP contribution in [0.1, 0.15) is 39.5 Å². The van der Waals surface area contributed by atoms with E-state index in [9.17, 15) is 9.59 Å². The minimum Gasteiger partial charge on any atom is -0.467 e. The smallest absolute Gasteiger partial charge is 0.328 e. The van der Waals surface area contributed by atoms with Crippen LogP contribution in [0.15, 0.2) is 0 Å². The fourth-order valence-electron chi connectivity index (χ4n) is 2.24. The van der Waals surface area contributed by atoms with Crippen molar-refractivity contribution in [3.8, 4) is 0 Å². The summed E-state index contributed by atoms with van der Waals surface area (Å²) in [6.07, 6.45) is 3.19. The molecule has 0 bridgehead atoms. The van der Waals surface area contributed by atoms with E-state index in [4.69, 9.17) is 4.74 Å². The van der Waals surface area contributed by atoms with Gasteiger partial charge >= 0.3 is 5.97 Å². The normalized spacial score (nSPS) is 20.8. The van der Waals surface area contributed by atoms with E-state index in [0.29, 0.717) is 18.8 Å². The maximum absolute atomic E-state index is 11.9. The third-order valence-electron chi connectivity index (χ3n) is 3.12. The Hall–Kier alpha value is -1.10. The molecule has 0 saturated carbocycles. The standard InChI is InChI=1S/C13H24N2O3/c1-9(2)7-11(13(17)18-3)15-12(16)8-10-5-4-6-14-10/h9-11,14H,4-8H2,1-3H3,(H,15,16)/t10?,11-/m0/s1. The molecule has 1 rings (SSSR count). The molecule has 0 aromatic rings. The molecule has 5 heteroatoms. The molecule has 1 saturated heterocycles. The van der Waals surface area contributed by atoms with Gasteiger partial charge in [-0.05, 0) is 31.7 Å². The van der Waals surface area contributed by atoms with Gasteiger partial charge in [-0.15, -0.1) is 0 Å². The molecule has 1 fully saturated rings. The molecule has 0 aliphatic carbocycles. The fraction of sp³-hybridized carbons (Fsp3) is 0.846. The van der Waals surface area contributed by atoms with Crippen LogP contribution in [0.5, 0.6) is 0 Å². The summed E-state index contributed by atoms with van der Waals surface area (Å²) < 4.78 is 4.71. The Bertz CT molecular complexity index is 286. The first-order valence-electron chi connectivity index (χ1n) is 6.63. The van der Waals surface area contributed by atoms with E-state index in [-0.39, 0.29) is 17.9 Å². The Kier molecular flexibility index (Phi) is 6.12. The van der Waals surface area contributed by atoms with Crippen LogP contribution < -0.4 is 10.6 Å². The summed E-state index contributed by atoms with van der Waals surface area (Å²) >= 11 is 0. The Morgan fingerprint density at radius 2 is 2.17 bits per heavy atom. The Balaban J connectivity index is 2.42. The zero-order chi connectivity index (χ0) is 13.5. The predicted octanol–water partition coefficient (Wildman–Crippen LogP) is 0.832. The number of nitrogens with one attached hydrogen (secondary N) is 2. The zero-order valence-corrected chi connectivity index (χ0v) is 11.5. The predicted molar refractivity (Wildman–Crippen MR) is 69.0 cm³/mol. The molecule has 0 aromatic carbocycles. The highest BCUT2D eigenvalue weighted by atomic mass is 16.5. The molecule has 104 valence electrons. The number of ether oxygens (including phenoxy) is 1. The van der Waals surface area contributed by atoms with E-state index in [1.165, 1.54) is 7.11 Å². The summed E-state index contributed by atoms with van der Waals surface area (Å²) in [5, 5.41) is 6.04. The number of carbonyl (C=O) groups is 2. The number of rotatable bonds is 6. The van der Waals surface area contributed by atoms with Crippen molar-refractivity contribution in [3.05, 3.63) is 0 Å². The van der Waals surface area contributed by atoms with Gasteiger partial charge in [0, 0.05) is 12.5 Å². The molecule has 1 aliphatic rings. The average molecular weight is 256 g/mol. The third kappa shape index (κ3) is 5.04. The van der Waals surface area contributed by atoms with Crippen molar-refractivity contribution in [1.82, 2.24) is 10.6 Å². The second-order valence-corrected chi connectivity index (χ2v) is 5.27. The number of methoxy groups -OCH3 is 1. The Morgan fingerprint density at radius 3 is 2.67 bits per heavy atom. The highest BCUT2D eigenvalue weighted by Crippen LogP contribution is 2.10. The van der Waals surface area contributed by atoms with Crippen LogP contribution in [0.25, 0.3) is 0 Å². The van der Waals surface area contributed by atoms with Gasteiger partial charge in [-0.3, -0.25) is 4.79 Å². The summed E-state index contributed by atoms with van der Waals surface area (Å²) in [6, 6.07) is -0.272. The minimum absolute atomic E-state index is 0.0783. The number of esters is 1. The van der Waals surface area contributed by atoms with Crippen LogP contribution in [0.2, 0.25) is 0 Å². The number of hydrogen-bond donors (Lipinski definition) is 2. The van der Waals surface area contributed by atoms with E-state index in [1.807, 2.05) is 13.8 Å². The van der Waals surface area contributed by atoms with Gasteiger partial charge in [0.05, 0.1) is 7.11 Å². The minimum atomic E-state index is -0.524. The van der Waals surface area contributed by atoms with Crippen LogP contribution in [0, 0.1) is 5.92 Å². The van der Waals surface area contributed by atoms with Gasteiger partial charge in [0.15, 0.2) is 0 Å². The fourth-order valence-corrected chi connectivity index (χ4v) is 2.24. The van der Waals surface area contributed by atoms with E-state index >= 15 is 0 Å². The maximum Gasteiger partial charge on any atom is 0.328 e. The summed E-state index contributed by atoms with van der Waals surface area (Å²) in [5.41, 5.74) is 0. The van der Waals surface area contributed by atoms with Gasteiger partial charge < -0.3 is 15.4 Å². The van der Waals surface area contributed by atoms with Crippen molar-refractivity contribution in [2.24, 2.45) is 5.92 Å². The Morgan fingerprint density at radius 1 is 1.44 bits per heavy atom. The molecule has 0 spiro atoms. The van der Waals surface area contributed by atoms with Gasteiger partial charge in [0.25, 0.3) is 0 Å². The first-order valence-corrected chi connectivity index (χ1v) is 6.63. The van der Waals surface area contributed by atoms with Crippen molar-refractivity contribution in [3.63, 3.8) is 0 Å². The van der Waals surface area contributed by atoms with Gasteiger partial charge in [-0.2, -0.15) is 0 Å². The second kappa shape index (κ2) is 7.36. The van der Waals surface area contributed by atoms with Crippen LogP contribution >= 0.6 is 0 Å². The molecule has 5 nitrogen and oxygen atoms in total. The van der Waals surface area contributed by atoms with Crippen molar-refractivity contribution < 1.29 is 14.3 Å². The van der Waals surface area contributed by atoms with Crippen molar-refractivity contribution in [1.29, 1.82) is 0 Å². The first-order chi connectivity index (χ1) is 8.52. The van der Waals surface area contributed by atoms with Crippen molar-refractivity contribution in [2.45, 2.75) is 51.6 Å². The average Bonchev–Trinajstić information content (AvgIpc) is 2.79. The van der Waals surface area contributed by atoms with E-state index in [0.717, 1.165) is 19.4 Å². The molecule has 1 aliphatic heterocycles.